The molecule has 1 nitrogen and oxygen atoms in total. The topological polar surface area (TPSA) is 17.1 Å². The van der Waals surface area contributed by atoms with Crippen molar-refractivity contribution >= 4 is 5.78 Å². The van der Waals surface area contributed by atoms with Crippen molar-refractivity contribution in [2.24, 2.45) is 0 Å². The van der Waals surface area contributed by atoms with Gasteiger partial charge in [0.15, 0.2) is 0 Å². The predicted molar refractivity (Wildman–Crippen MR) is 36.8 cm³/mol. The SMILES string of the molecule is O=C(c1ccccc1)C(F)(F)F.[Zn]. The molecule has 1 rings (SSSR count). The van der Waals surface area contributed by atoms with E-state index in [0.29, 0.717) is 0 Å². The molecule has 13 heavy (non-hydrogen) atoms. The van der Waals surface area contributed by atoms with Crippen molar-refractivity contribution in [2.75, 3.05) is 0 Å². The van der Waals surface area contributed by atoms with E-state index in [0.717, 1.165) is 12.1 Å². The van der Waals surface area contributed by atoms with Crippen molar-refractivity contribution in [2.45, 2.75) is 6.18 Å². The molecule has 0 fully saturated rings. The Morgan fingerprint density at radius 2 is 1.54 bits per heavy atom. The van der Waals surface area contributed by atoms with Crippen molar-refractivity contribution in [3.8, 4) is 0 Å². The number of halogens is 3. The third-order valence-corrected chi connectivity index (χ3v) is 1.29. The van der Waals surface area contributed by atoms with Gasteiger partial charge in [-0.3, -0.25) is 4.79 Å². The van der Waals surface area contributed by atoms with Gasteiger partial charge in [0.2, 0.25) is 0 Å². The first-order valence-corrected chi connectivity index (χ1v) is 3.18. The van der Waals surface area contributed by atoms with Crippen LogP contribution < -0.4 is 0 Å². The van der Waals surface area contributed by atoms with Crippen LogP contribution in [0.3, 0.4) is 0 Å². The molecule has 0 atom stereocenters. The summed E-state index contributed by atoms with van der Waals surface area (Å²) in [4.78, 5) is 10.5. The number of alkyl halides is 3. The number of ketones is 1. The van der Waals surface area contributed by atoms with E-state index in [2.05, 4.69) is 0 Å². The summed E-state index contributed by atoms with van der Waals surface area (Å²) in [6, 6.07) is 6.59. The second-order valence-electron chi connectivity index (χ2n) is 2.19. The number of rotatable bonds is 1. The molecule has 0 aliphatic rings. The smallest absolute Gasteiger partial charge is 0.284 e. The summed E-state index contributed by atoms with van der Waals surface area (Å²) in [7, 11) is 0. The molecule has 0 radical (unpaired) electrons. The molecule has 0 aliphatic heterocycles. The number of benzene rings is 1. The zero-order valence-electron chi connectivity index (χ0n) is 6.64. The fourth-order valence-electron chi connectivity index (χ4n) is 0.753. The predicted octanol–water partition coefficient (Wildman–Crippen LogP) is 2.43. The van der Waals surface area contributed by atoms with Gasteiger partial charge in [-0.2, -0.15) is 13.2 Å². The number of hydrogen-bond acceptors (Lipinski definition) is 1. The van der Waals surface area contributed by atoms with Gasteiger partial charge in [-0.25, -0.2) is 0 Å². The summed E-state index contributed by atoms with van der Waals surface area (Å²) < 4.78 is 35.4. The minimum atomic E-state index is -4.78. The van der Waals surface area contributed by atoms with E-state index in [9.17, 15) is 18.0 Å². The van der Waals surface area contributed by atoms with E-state index in [1.54, 1.807) is 6.07 Å². The summed E-state index contributed by atoms with van der Waals surface area (Å²) in [5.74, 6) is -1.80. The van der Waals surface area contributed by atoms with Crippen LogP contribution in [0, 0.1) is 0 Å². The van der Waals surface area contributed by atoms with Crippen LogP contribution in [-0.2, 0) is 19.5 Å². The third-order valence-electron chi connectivity index (χ3n) is 1.29. The number of carbonyl (C=O) groups is 1. The van der Waals surface area contributed by atoms with Gasteiger partial charge in [0.05, 0.1) is 0 Å². The molecule has 5 heteroatoms. The second kappa shape index (κ2) is 4.51. The first kappa shape index (κ1) is 12.3. The van der Waals surface area contributed by atoms with E-state index in [4.69, 9.17) is 0 Å². The number of hydrogen-bond donors (Lipinski definition) is 0. The Morgan fingerprint density at radius 3 is 1.92 bits per heavy atom. The Bertz CT molecular complexity index is 281. The van der Waals surface area contributed by atoms with Crippen molar-refractivity contribution in [3.05, 3.63) is 35.9 Å². The van der Waals surface area contributed by atoms with Gasteiger partial charge >= 0.3 is 6.18 Å². The molecule has 0 bridgehead atoms. The van der Waals surface area contributed by atoms with Crippen LogP contribution in [0.15, 0.2) is 30.3 Å². The average molecular weight is 240 g/mol. The first-order valence-electron chi connectivity index (χ1n) is 3.18. The van der Waals surface area contributed by atoms with Crippen molar-refractivity contribution < 1.29 is 37.4 Å². The largest absolute Gasteiger partial charge is 0.454 e. The van der Waals surface area contributed by atoms with Crippen LogP contribution in [0.2, 0.25) is 0 Å². The zero-order chi connectivity index (χ0) is 9.19. The molecule has 0 spiro atoms. The molecular formula is C8H5F3OZn. The van der Waals surface area contributed by atoms with Gasteiger partial charge in [0.25, 0.3) is 5.78 Å². The van der Waals surface area contributed by atoms with Crippen LogP contribution >= 0.6 is 0 Å². The van der Waals surface area contributed by atoms with E-state index < -0.39 is 12.0 Å². The Morgan fingerprint density at radius 1 is 1.08 bits per heavy atom. The van der Waals surface area contributed by atoms with Gasteiger partial charge in [0.1, 0.15) is 0 Å². The van der Waals surface area contributed by atoms with Crippen molar-refractivity contribution in [3.63, 3.8) is 0 Å². The van der Waals surface area contributed by atoms with Gasteiger partial charge in [-0.15, -0.1) is 0 Å². The Kier molecular flexibility index (Phi) is 4.27. The molecule has 1 aromatic carbocycles. The molecule has 0 amide bonds. The molecule has 0 unspecified atom stereocenters. The zero-order valence-corrected chi connectivity index (χ0v) is 9.60. The maximum Gasteiger partial charge on any atom is 0.454 e. The van der Waals surface area contributed by atoms with Crippen molar-refractivity contribution in [1.82, 2.24) is 0 Å². The van der Waals surface area contributed by atoms with E-state index in [1.807, 2.05) is 0 Å². The maximum absolute atomic E-state index is 11.8. The van der Waals surface area contributed by atoms with Gasteiger partial charge in [-0.05, 0) is 0 Å². The molecule has 66 valence electrons. The van der Waals surface area contributed by atoms with Crippen LogP contribution in [0.5, 0.6) is 0 Å². The molecular weight excluding hydrogens is 234 g/mol. The second-order valence-corrected chi connectivity index (χ2v) is 2.19. The van der Waals surface area contributed by atoms with Crippen LogP contribution in [-0.4, -0.2) is 12.0 Å². The molecule has 0 saturated heterocycles. The monoisotopic (exact) mass is 238 g/mol. The summed E-state index contributed by atoms with van der Waals surface area (Å²) in [5.41, 5.74) is -0.329. The summed E-state index contributed by atoms with van der Waals surface area (Å²) in [6.45, 7) is 0. The van der Waals surface area contributed by atoms with Crippen LogP contribution in [0.4, 0.5) is 13.2 Å². The van der Waals surface area contributed by atoms with Gasteiger partial charge < -0.3 is 0 Å². The molecule has 0 saturated carbocycles. The van der Waals surface area contributed by atoms with Crippen LogP contribution in [0.25, 0.3) is 0 Å². The minimum Gasteiger partial charge on any atom is -0.284 e. The molecule has 0 aliphatic carbocycles. The summed E-state index contributed by atoms with van der Waals surface area (Å²) in [5, 5.41) is 0. The van der Waals surface area contributed by atoms with E-state index >= 15 is 0 Å². The Hall–Kier alpha value is -0.697. The quantitative estimate of drug-likeness (QED) is 0.543. The molecule has 0 N–H and O–H groups in total. The number of Topliss-reactive ketones (excluding diaryl/α,β-unsaturated/α-hetero) is 1. The number of carbonyl (C=O) groups excluding carboxylic acids is 1. The first-order chi connectivity index (χ1) is 5.52. The van der Waals surface area contributed by atoms with E-state index in [-0.39, 0.29) is 25.0 Å². The maximum atomic E-state index is 11.8. The molecule has 1 aromatic rings. The van der Waals surface area contributed by atoms with E-state index in [1.165, 1.54) is 12.1 Å². The fraction of sp³-hybridized carbons (Fsp3) is 0.125. The Balaban J connectivity index is 0.00000144. The summed E-state index contributed by atoms with van der Waals surface area (Å²) in [6.07, 6.45) is -4.78. The van der Waals surface area contributed by atoms with Crippen molar-refractivity contribution in [1.29, 1.82) is 0 Å². The standard InChI is InChI=1S/C8H5F3O.Zn/c9-8(10,11)7(12)6-4-2-1-3-5-6;/h1-5H;. The van der Waals surface area contributed by atoms with Gasteiger partial charge in [0, 0.05) is 25.0 Å². The molecule has 0 aromatic heterocycles. The van der Waals surface area contributed by atoms with Crippen LogP contribution in [0.1, 0.15) is 10.4 Å². The summed E-state index contributed by atoms with van der Waals surface area (Å²) >= 11 is 0. The third kappa shape index (κ3) is 3.27. The molecule has 0 heterocycles. The normalized spacial score (nSPS) is 10.4. The minimum absolute atomic E-state index is 0. The van der Waals surface area contributed by atoms with Gasteiger partial charge in [-0.1, -0.05) is 30.3 Å². The average Bonchev–Trinajstić information content (AvgIpc) is 2.03. The fourth-order valence-corrected chi connectivity index (χ4v) is 0.753. The Labute approximate surface area is 85.7 Å².